The van der Waals surface area contributed by atoms with Gasteiger partial charge in [0.1, 0.15) is 5.75 Å². The molecule has 0 aliphatic heterocycles. The molecule has 0 saturated heterocycles. The summed E-state index contributed by atoms with van der Waals surface area (Å²) in [4.78, 5) is 14.3. The first-order valence-corrected chi connectivity index (χ1v) is 12.5. The summed E-state index contributed by atoms with van der Waals surface area (Å²) < 4.78 is 5.47. The van der Waals surface area contributed by atoms with Gasteiger partial charge in [-0.25, -0.2) is 0 Å². The summed E-state index contributed by atoms with van der Waals surface area (Å²) in [5.41, 5.74) is 3.39. The van der Waals surface area contributed by atoms with E-state index in [1.807, 2.05) is 0 Å². The van der Waals surface area contributed by atoms with Crippen LogP contribution in [0.5, 0.6) is 5.75 Å². The highest BCUT2D eigenvalue weighted by molar-refractivity contribution is 5.48. The minimum Gasteiger partial charge on any atom is -0.497 e. The smallest absolute Gasteiger partial charge is 0.209 e. The topological polar surface area (TPSA) is 29.5 Å². The summed E-state index contributed by atoms with van der Waals surface area (Å²) in [5, 5.41) is 0. The van der Waals surface area contributed by atoms with Crippen LogP contribution in [0.15, 0.2) is 18.2 Å². The van der Waals surface area contributed by atoms with Gasteiger partial charge in [-0.2, -0.15) is 0 Å². The van der Waals surface area contributed by atoms with Crippen molar-refractivity contribution >= 4 is 6.41 Å². The van der Waals surface area contributed by atoms with Crippen molar-refractivity contribution in [3.63, 3.8) is 0 Å². The van der Waals surface area contributed by atoms with Crippen LogP contribution in [0.2, 0.25) is 0 Å². The average Bonchev–Trinajstić information content (AvgIpc) is 3.12. The van der Waals surface area contributed by atoms with Crippen molar-refractivity contribution in [2.45, 2.75) is 96.4 Å². The van der Waals surface area contributed by atoms with E-state index in [2.05, 4.69) is 36.9 Å². The van der Waals surface area contributed by atoms with Crippen LogP contribution in [0.25, 0.3) is 0 Å². The minimum absolute atomic E-state index is 0.301. The molecule has 166 valence electrons. The Morgan fingerprint density at radius 2 is 1.97 bits per heavy atom. The van der Waals surface area contributed by atoms with Crippen LogP contribution in [0.1, 0.15) is 95.1 Å². The Labute approximate surface area is 183 Å². The number of methoxy groups -OCH3 is 1. The van der Waals surface area contributed by atoms with Gasteiger partial charge in [0.25, 0.3) is 0 Å². The molecule has 3 heteroatoms. The van der Waals surface area contributed by atoms with E-state index < -0.39 is 0 Å². The number of unbranched alkanes of at least 4 members (excludes halogenated alkanes) is 4. The van der Waals surface area contributed by atoms with Crippen LogP contribution in [-0.2, 0) is 11.2 Å². The maximum Gasteiger partial charge on any atom is 0.209 e. The number of fused-ring (bicyclic) bond motifs is 5. The fraction of sp³-hybridized carbons (Fsp3) is 0.741. The summed E-state index contributed by atoms with van der Waals surface area (Å²) in [5.74, 6) is 3.25. The van der Waals surface area contributed by atoms with Crippen molar-refractivity contribution in [3.05, 3.63) is 29.3 Å². The zero-order chi connectivity index (χ0) is 21.1. The van der Waals surface area contributed by atoms with Crippen LogP contribution in [0.3, 0.4) is 0 Å². The van der Waals surface area contributed by atoms with Gasteiger partial charge >= 0.3 is 0 Å². The predicted octanol–water partition coefficient (Wildman–Crippen LogP) is 6.35. The third-order valence-corrected chi connectivity index (χ3v) is 8.94. The number of aryl methyl sites for hydroxylation is 1. The lowest BCUT2D eigenvalue weighted by atomic mass is 9.55. The van der Waals surface area contributed by atoms with E-state index in [1.54, 1.807) is 12.7 Å². The summed E-state index contributed by atoms with van der Waals surface area (Å²) in [6, 6.07) is 7.21. The van der Waals surface area contributed by atoms with Gasteiger partial charge in [-0.3, -0.25) is 4.79 Å². The molecule has 3 aliphatic carbocycles. The Morgan fingerprint density at radius 1 is 1.13 bits per heavy atom. The number of hydrogen-bond acceptors (Lipinski definition) is 2. The fourth-order valence-electron chi connectivity index (χ4n) is 7.38. The first kappa shape index (κ1) is 21.7. The molecule has 0 aromatic heterocycles. The molecule has 1 amide bonds. The van der Waals surface area contributed by atoms with E-state index in [-0.39, 0.29) is 0 Å². The normalized spacial score (nSPS) is 32.1. The molecule has 2 saturated carbocycles. The van der Waals surface area contributed by atoms with Gasteiger partial charge in [-0.1, -0.05) is 45.6 Å². The maximum atomic E-state index is 12.0. The summed E-state index contributed by atoms with van der Waals surface area (Å²) in [6.07, 6.45) is 15.0. The fourth-order valence-corrected chi connectivity index (χ4v) is 7.38. The lowest BCUT2D eigenvalue weighted by Gasteiger charge is -2.52. The molecular weight excluding hydrogens is 370 g/mol. The predicted molar refractivity (Wildman–Crippen MR) is 123 cm³/mol. The molecule has 0 spiro atoms. The van der Waals surface area contributed by atoms with Crippen molar-refractivity contribution in [3.8, 4) is 5.75 Å². The van der Waals surface area contributed by atoms with Crippen molar-refractivity contribution in [2.24, 2.45) is 17.3 Å². The highest BCUT2D eigenvalue weighted by atomic mass is 16.5. The largest absolute Gasteiger partial charge is 0.497 e. The Hall–Kier alpha value is -1.51. The van der Waals surface area contributed by atoms with Crippen LogP contribution in [0.4, 0.5) is 0 Å². The molecule has 0 heterocycles. The van der Waals surface area contributed by atoms with Crippen LogP contribution < -0.4 is 4.74 Å². The van der Waals surface area contributed by atoms with E-state index >= 15 is 0 Å². The zero-order valence-corrected chi connectivity index (χ0v) is 19.4. The summed E-state index contributed by atoms with van der Waals surface area (Å²) in [6.45, 7) is 5.73. The number of carbonyl (C=O) groups excluding carboxylic acids is 1. The number of ether oxygens (including phenoxy) is 1. The highest BCUT2D eigenvalue weighted by Crippen LogP contribution is 2.61. The highest BCUT2D eigenvalue weighted by Gasteiger charge is 2.56. The number of carbonyl (C=O) groups is 1. The minimum atomic E-state index is 0.301. The van der Waals surface area contributed by atoms with Gasteiger partial charge in [-0.15, -0.1) is 0 Å². The molecule has 0 N–H and O–H groups in total. The second kappa shape index (κ2) is 9.32. The van der Waals surface area contributed by atoms with Crippen molar-refractivity contribution in [2.75, 3.05) is 13.7 Å². The van der Waals surface area contributed by atoms with Gasteiger partial charge in [0.05, 0.1) is 7.11 Å². The van der Waals surface area contributed by atoms with Gasteiger partial charge in [0.15, 0.2) is 0 Å². The monoisotopic (exact) mass is 411 g/mol. The van der Waals surface area contributed by atoms with Crippen LogP contribution in [0, 0.1) is 17.3 Å². The third-order valence-electron chi connectivity index (χ3n) is 8.94. The quantitative estimate of drug-likeness (QED) is 0.350. The number of hydrogen-bond donors (Lipinski definition) is 0. The van der Waals surface area contributed by atoms with E-state index in [4.69, 9.17) is 4.74 Å². The van der Waals surface area contributed by atoms with Gasteiger partial charge in [0.2, 0.25) is 6.41 Å². The van der Waals surface area contributed by atoms with Crippen molar-refractivity contribution < 1.29 is 9.53 Å². The van der Waals surface area contributed by atoms with Gasteiger partial charge < -0.3 is 9.64 Å². The average molecular weight is 412 g/mol. The van der Waals surface area contributed by atoms with Crippen LogP contribution in [-0.4, -0.2) is 31.0 Å². The molecule has 3 nitrogen and oxygen atoms in total. The first-order chi connectivity index (χ1) is 14.6. The molecule has 30 heavy (non-hydrogen) atoms. The second-order valence-corrected chi connectivity index (χ2v) is 10.4. The Morgan fingerprint density at radius 3 is 2.73 bits per heavy atom. The molecule has 0 unspecified atom stereocenters. The first-order valence-electron chi connectivity index (χ1n) is 12.5. The molecule has 3 aliphatic rings. The van der Waals surface area contributed by atoms with E-state index in [0.717, 1.165) is 30.6 Å². The lowest BCUT2D eigenvalue weighted by Crippen LogP contribution is -2.50. The zero-order valence-electron chi connectivity index (χ0n) is 19.4. The summed E-state index contributed by atoms with van der Waals surface area (Å²) in [7, 11) is 1.76. The molecule has 1 aromatic carbocycles. The van der Waals surface area contributed by atoms with E-state index in [9.17, 15) is 4.79 Å². The number of benzene rings is 1. The SMILES string of the molecule is CCCCCCCN(C=O)[C@H]1CC[C@H]2[C@@H]3CCc4cc(OC)ccc4[C@H]3CC[C@]12C. The molecular formula is C27H41NO2. The molecule has 4 rings (SSSR count). The van der Waals surface area contributed by atoms with E-state index in [1.165, 1.54) is 76.2 Å². The molecule has 0 bridgehead atoms. The van der Waals surface area contributed by atoms with Crippen molar-refractivity contribution in [1.29, 1.82) is 0 Å². The number of amides is 1. The number of nitrogens with zero attached hydrogens (tertiary/aromatic N) is 1. The van der Waals surface area contributed by atoms with Crippen molar-refractivity contribution in [1.82, 2.24) is 4.90 Å². The lowest BCUT2D eigenvalue weighted by molar-refractivity contribution is -0.124. The Balaban J connectivity index is 1.46. The molecule has 2 fully saturated rings. The van der Waals surface area contributed by atoms with Gasteiger partial charge in [0, 0.05) is 12.6 Å². The molecule has 5 atom stereocenters. The Bertz CT molecular complexity index is 732. The van der Waals surface area contributed by atoms with E-state index in [0.29, 0.717) is 17.4 Å². The van der Waals surface area contributed by atoms with Crippen LogP contribution >= 0.6 is 0 Å². The van der Waals surface area contributed by atoms with Gasteiger partial charge in [-0.05, 0) is 91.4 Å². The third kappa shape index (κ3) is 3.89. The Kier molecular flexibility index (Phi) is 6.75. The number of rotatable bonds is 9. The maximum absolute atomic E-state index is 12.0. The second-order valence-electron chi connectivity index (χ2n) is 10.4. The molecule has 0 radical (unpaired) electrons. The standard InChI is InChI=1S/C27H41NO2/c1-4-5-6-7-8-17-28(19-29)26-14-13-25-24-11-9-20-18-21(30-3)10-12-22(20)23(24)15-16-27(25,26)2/h10,12,18-19,23-26H,4-9,11,13-17H2,1-3H3/t23-,24-,25+,26+,27+/m1/s1. The summed E-state index contributed by atoms with van der Waals surface area (Å²) >= 11 is 0. The molecule has 1 aromatic rings.